The number of aliphatic hydroxyl groups excluding tert-OH is 1. The van der Waals surface area contributed by atoms with Crippen LogP contribution in [0.1, 0.15) is 57.2 Å². The third-order valence-corrected chi connectivity index (χ3v) is 11.3. The van der Waals surface area contributed by atoms with Crippen molar-refractivity contribution >= 4 is 51.0 Å². The number of aromatic hydroxyl groups is 1. The number of hydrogen-bond acceptors (Lipinski definition) is 8. The number of aliphatic hydroxyl groups is 1. The molecule has 0 aliphatic carbocycles. The summed E-state index contributed by atoms with van der Waals surface area (Å²) in [5.41, 5.74) is 8.70. The summed E-state index contributed by atoms with van der Waals surface area (Å²) in [6, 6.07) is 14.0. The van der Waals surface area contributed by atoms with Crippen molar-refractivity contribution < 1.29 is 28.9 Å². The number of methoxy groups -OCH3 is 2. The van der Waals surface area contributed by atoms with E-state index in [2.05, 4.69) is 10.6 Å². The third-order valence-electron chi connectivity index (χ3n) is 9.95. The van der Waals surface area contributed by atoms with Crippen molar-refractivity contribution in [3.05, 3.63) is 99.0 Å². The van der Waals surface area contributed by atoms with E-state index in [1.54, 1.807) is 31.0 Å². The van der Waals surface area contributed by atoms with Gasteiger partial charge >= 0.3 is 5.97 Å². The highest BCUT2D eigenvalue weighted by molar-refractivity contribution is 7.98. The SMILES string of the molecule is COCCn1nc(C)c(-c2c(Cl)ccc3c(CCCO)c(C(=O)OC)n(CCCSCc4cc(CCc5cc(O)c6ccc(F)cc6c5)n(C)n4)c23)c1C. The number of carbonyl (C=O) groups is 1. The first-order chi connectivity index (χ1) is 26.1. The first-order valence-electron chi connectivity index (χ1n) is 18.1. The van der Waals surface area contributed by atoms with Crippen LogP contribution in [-0.2, 0) is 54.6 Å². The summed E-state index contributed by atoms with van der Waals surface area (Å²) in [5.74, 6) is 0.926. The Morgan fingerprint density at radius 1 is 0.963 bits per heavy atom. The molecular weight excluding hydrogens is 729 g/mol. The molecule has 0 saturated carbocycles. The zero-order valence-corrected chi connectivity index (χ0v) is 33.0. The van der Waals surface area contributed by atoms with Crippen LogP contribution < -0.4 is 0 Å². The van der Waals surface area contributed by atoms with Gasteiger partial charge in [-0.3, -0.25) is 9.36 Å². The molecule has 0 atom stereocenters. The molecule has 0 saturated heterocycles. The molecule has 0 fully saturated rings. The van der Waals surface area contributed by atoms with E-state index in [4.69, 9.17) is 31.3 Å². The average molecular weight is 776 g/mol. The number of fused-ring (bicyclic) bond motifs is 2. The largest absolute Gasteiger partial charge is 0.507 e. The predicted molar refractivity (Wildman–Crippen MR) is 213 cm³/mol. The average Bonchev–Trinajstić information content (AvgIpc) is 3.76. The zero-order chi connectivity index (χ0) is 38.5. The van der Waals surface area contributed by atoms with Crippen molar-refractivity contribution in [1.29, 1.82) is 0 Å². The fraction of sp³-hybridized carbons (Fsp3) is 0.390. The van der Waals surface area contributed by atoms with Crippen LogP contribution in [0, 0.1) is 19.7 Å². The molecule has 0 aliphatic rings. The molecule has 0 bridgehead atoms. The van der Waals surface area contributed by atoms with Crippen LogP contribution in [0.15, 0.2) is 48.5 Å². The Labute approximate surface area is 323 Å². The van der Waals surface area contributed by atoms with Gasteiger partial charge in [0.1, 0.15) is 17.3 Å². The van der Waals surface area contributed by atoms with E-state index in [9.17, 15) is 19.4 Å². The minimum absolute atomic E-state index is 0.00164. The second-order valence-electron chi connectivity index (χ2n) is 13.5. The molecule has 54 heavy (non-hydrogen) atoms. The van der Waals surface area contributed by atoms with Gasteiger partial charge in [0, 0.05) is 66.3 Å². The molecule has 2 N–H and O–H groups in total. The van der Waals surface area contributed by atoms with Crippen LogP contribution in [0.2, 0.25) is 5.02 Å². The Kier molecular flexibility index (Phi) is 12.7. The highest BCUT2D eigenvalue weighted by Crippen LogP contribution is 2.42. The summed E-state index contributed by atoms with van der Waals surface area (Å²) in [4.78, 5) is 13.5. The molecule has 3 heterocycles. The number of aromatic nitrogens is 5. The van der Waals surface area contributed by atoms with Crippen molar-refractivity contribution in [1.82, 2.24) is 24.1 Å². The Morgan fingerprint density at radius 2 is 1.76 bits per heavy atom. The van der Waals surface area contributed by atoms with Crippen molar-refractivity contribution in [2.24, 2.45) is 7.05 Å². The van der Waals surface area contributed by atoms with Crippen LogP contribution in [0.4, 0.5) is 4.39 Å². The highest BCUT2D eigenvalue weighted by Gasteiger charge is 2.28. The molecule has 6 aromatic rings. The lowest BCUT2D eigenvalue weighted by Crippen LogP contribution is -2.14. The van der Waals surface area contributed by atoms with Crippen molar-refractivity contribution in [3.8, 4) is 16.9 Å². The van der Waals surface area contributed by atoms with Crippen molar-refractivity contribution in [2.45, 2.75) is 64.8 Å². The van der Waals surface area contributed by atoms with Crippen LogP contribution in [0.25, 0.3) is 32.8 Å². The fourth-order valence-electron chi connectivity index (χ4n) is 7.42. The minimum atomic E-state index is -0.426. The summed E-state index contributed by atoms with van der Waals surface area (Å²) in [6.07, 6.45) is 3.17. The second-order valence-corrected chi connectivity index (χ2v) is 15.0. The maximum Gasteiger partial charge on any atom is 0.354 e. The topological polar surface area (TPSA) is 117 Å². The molecule has 3 aromatic carbocycles. The van der Waals surface area contributed by atoms with Gasteiger partial charge in [-0.1, -0.05) is 23.7 Å². The summed E-state index contributed by atoms with van der Waals surface area (Å²) in [7, 11) is 4.99. The molecule has 6 rings (SSSR count). The number of phenols is 1. The summed E-state index contributed by atoms with van der Waals surface area (Å²) in [6.45, 7) is 5.66. The molecule has 0 amide bonds. The number of hydrogen-bond donors (Lipinski definition) is 2. The Hall–Kier alpha value is -4.36. The standard InChI is InChI=1S/C41H47ClFN5O5S/c1-25-37(26(2)48(44-25)16-18-52-4)38-35(42)14-13-34-33(8-6-17-49)40(41(51)53-5)47(39(34)38)15-7-19-54-24-30-23-31(46(3)45-30)11-9-27-20-28-22-29(43)10-12-32(28)36(50)21-27/h10,12-14,20-23,49-50H,6-9,11,15-19,24H2,1-5H3. The van der Waals surface area contributed by atoms with E-state index in [1.807, 2.05) is 48.5 Å². The van der Waals surface area contributed by atoms with E-state index in [-0.39, 0.29) is 18.2 Å². The lowest BCUT2D eigenvalue weighted by molar-refractivity contribution is 0.0587. The first kappa shape index (κ1) is 39.3. The second kappa shape index (κ2) is 17.4. The van der Waals surface area contributed by atoms with Gasteiger partial charge in [-0.15, -0.1) is 0 Å². The molecule has 10 nitrogen and oxygen atoms in total. The monoisotopic (exact) mass is 775 g/mol. The summed E-state index contributed by atoms with van der Waals surface area (Å²) < 4.78 is 30.4. The smallest absolute Gasteiger partial charge is 0.354 e. The number of thioether (sulfide) groups is 1. The van der Waals surface area contributed by atoms with Crippen LogP contribution >= 0.6 is 23.4 Å². The maximum absolute atomic E-state index is 13.8. The van der Waals surface area contributed by atoms with E-state index in [0.717, 1.165) is 80.3 Å². The lowest BCUT2D eigenvalue weighted by Gasteiger charge is -2.14. The molecule has 0 radical (unpaired) electrons. The zero-order valence-electron chi connectivity index (χ0n) is 31.4. The van der Waals surface area contributed by atoms with Crippen molar-refractivity contribution in [3.63, 3.8) is 0 Å². The van der Waals surface area contributed by atoms with Gasteiger partial charge in [-0.25, -0.2) is 9.18 Å². The van der Waals surface area contributed by atoms with Gasteiger partial charge in [0.2, 0.25) is 0 Å². The van der Waals surface area contributed by atoms with Crippen molar-refractivity contribution in [2.75, 3.05) is 33.2 Å². The summed E-state index contributed by atoms with van der Waals surface area (Å²) in [5, 5.41) is 32.6. The number of benzene rings is 3. The molecule has 286 valence electrons. The molecule has 13 heteroatoms. The Morgan fingerprint density at radius 3 is 2.52 bits per heavy atom. The van der Waals surface area contributed by atoms with Crippen LogP contribution in [0.3, 0.4) is 0 Å². The van der Waals surface area contributed by atoms with E-state index >= 15 is 0 Å². The number of halogens is 2. The number of rotatable bonds is 17. The number of carbonyl (C=O) groups excluding carboxylic acids is 1. The maximum atomic E-state index is 13.8. The minimum Gasteiger partial charge on any atom is -0.507 e. The summed E-state index contributed by atoms with van der Waals surface area (Å²) >= 11 is 8.81. The lowest BCUT2D eigenvalue weighted by atomic mass is 9.98. The van der Waals surface area contributed by atoms with E-state index in [1.165, 1.54) is 19.2 Å². The number of esters is 1. The third kappa shape index (κ3) is 8.17. The molecule has 0 spiro atoms. The Balaban J connectivity index is 1.21. The van der Waals surface area contributed by atoms with Gasteiger partial charge in [0.05, 0.1) is 42.2 Å². The fourth-order valence-corrected chi connectivity index (χ4v) is 8.50. The number of nitrogens with zero attached hydrogens (tertiary/aromatic N) is 5. The van der Waals surface area contributed by atoms with Gasteiger partial charge in [-0.2, -0.15) is 22.0 Å². The quantitative estimate of drug-likeness (QED) is 0.0708. The molecule has 0 aliphatic heterocycles. The van der Waals surface area contributed by atoms with Gasteiger partial charge in [0.25, 0.3) is 0 Å². The number of phenolic OH excluding ortho intramolecular Hbond substituents is 1. The molecular formula is C41H47ClFN5O5S. The van der Waals surface area contributed by atoms with Gasteiger partial charge in [0.15, 0.2) is 0 Å². The number of ether oxygens (including phenoxy) is 2. The van der Waals surface area contributed by atoms with Crippen LogP contribution in [0.5, 0.6) is 5.75 Å². The van der Waals surface area contributed by atoms with Crippen LogP contribution in [-0.4, -0.2) is 73.5 Å². The van der Waals surface area contributed by atoms with Gasteiger partial charge in [-0.05, 0) is 105 Å². The highest BCUT2D eigenvalue weighted by atomic mass is 35.5. The van der Waals surface area contributed by atoms with E-state index in [0.29, 0.717) is 60.4 Å². The predicted octanol–water partition coefficient (Wildman–Crippen LogP) is 7.97. The molecule has 0 unspecified atom stereocenters. The Bertz CT molecular complexity index is 2300. The van der Waals surface area contributed by atoms with Gasteiger partial charge < -0.3 is 24.3 Å². The normalized spacial score (nSPS) is 11.7. The first-order valence-corrected chi connectivity index (χ1v) is 19.7. The number of aryl methyl sites for hydroxylation is 6. The molecule has 3 aromatic heterocycles. The van der Waals surface area contributed by atoms with E-state index < -0.39 is 5.97 Å².